The molecule has 0 aliphatic heterocycles. The highest BCUT2D eigenvalue weighted by Crippen LogP contribution is 2.35. The minimum atomic E-state index is -4.41. The Morgan fingerprint density at radius 2 is 2.00 bits per heavy atom. The van der Waals surface area contributed by atoms with Crippen molar-refractivity contribution in [2.24, 2.45) is 5.92 Å². The first-order valence-electron chi connectivity index (χ1n) is 6.23. The molecule has 1 heterocycles. The SMILES string of the molecule is CCC(C)CC(C)Nc1ncc(Br)cc1C(F)(F)F. The minimum absolute atomic E-state index is 0.0512. The van der Waals surface area contributed by atoms with Gasteiger partial charge in [-0.2, -0.15) is 13.2 Å². The number of nitrogens with one attached hydrogen (secondary N) is 1. The molecule has 2 atom stereocenters. The van der Waals surface area contributed by atoms with Gasteiger partial charge in [0.15, 0.2) is 0 Å². The Morgan fingerprint density at radius 1 is 1.37 bits per heavy atom. The second-order valence-corrected chi connectivity index (χ2v) is 5.76. The minimum Gasteiger partial charge on any atom is -0.367 e. The summed E-state index contributed by atoms with van der Waals surface area (Å²) in [5.74, 6) is 0.360. The molecule has 1 aromatic rings. The number of alkyl halides is 3. The molecule has 19 heavy (non-hydrogen) atoms. The van der Waals surface area contributed by atoms with Gasteiger partial charge in [-0.05, 0) is 41.3 Å². The lowest BCUT2D eigenvalue weighted by molar-refractivity contribution is -0.137. The van der Waals surface area contributed by atoms with Crippen molar-refractivity contribution < 1.29 is 13.2 Å². The van der Waals surface area contributed by atoms with Gasteiger partial charge in [0, 0.05) is 16.7 Å². The van der Waals surface area contributed by atoms with Gasteiger partial charge < -0.3 is 5.32 Å². The van der Waals surface area contributed by atoms with Crippen molar-refractivity contribution in [2.75, 3.05) is 5.32 Å². The van der Waals surface area contributed by atoms with Gasteiger partial charge >= 0.3 is 6.18 Å². The molecule has 0 amide bonds. The van der Waals surface area contributed by atoms with Crippen LogP contribution in [0.3, 0.4) is 0 Å². The maximum atomic E-state index is 12.9. The van der Waals surface area contributed by atoms with Crippen LogP contribution < -0.4 is 5.32 Å². The van der Waals surface area contributed by atoms with E-state index in [1.165, 1.54) is 6.20 Å². The van der Waals surface area contributed by atoms with Crippen LogP contribution in [0.2, 0.25) is 0 Å². The van der Waals surface area contributed by atoms with Crippen molar-refractivity contribution >= 4 is 21.7 Å². The molecule has 0 bridgehead atoms. The zero-order valence-electron chi connectivity index (χ0n) is 11.2. The van der Waals surface area contributed by atoms with Crippen molar-refractivity contribution in [1.82, 2.24) is 4.98 Å². The summed E-state index contributed by atoms with van der Waals surface area (Å²) in [4.78, 5) is 3.84. The average Bonchev–Trinajstić information content (AvgIpc) is 2.29. The predicted octanol–water partition coefficient (Wildman–Crippen LogP) is 5.10. The summed E-state index contributed by atoms with van der Waals surface area (Å²) >= 11 is 3.02. The van der Waals surface area contributed by atoms with Gasteiger partial charge in [-0.1, -0.05) is 20.3 Å². The molecule has 0 aliphatic carbocycles. The number of hydrogen-bond acceptors (Lipinski definition) is 2. The number of aromatic nitrogens is 1. The first-order valence-corrected chi connectivity index (χ1v) is 7.02. The molecule has 2 unspecified atom stereocenters. The van der Waals surface area contributed by atoms with E-state index < -0.39 is 11.7 Å². The van der Waals surface area contributed by atoms with Gasteiger partial charge in [-0.15, -0.1) is 0 Å². The fourth-order valence-electron chi connectivity index (χ4n) is 1.83. The summed E-state index contributed by atoms with van der Waals surface area (Å²) in [7, 11) is 0. The Balaban J connectivity index is 2.89. The van der Waals surface area contributed by atoms with Gasteiger partial charge in [0.05, 0.1) is 5.56 Å². The number of nitrogens with zero attached hydrogens (tertiary/aromatic N) is 1. The van der Waals surface area contributed by atoms with Crippen LogP contribution in [0.25, 0.3) is 0 Å². The summed E-state index contributed by atoms with van der Waals surface area (Å²) in [5, 5.41) is 2.86. The first-order chi connectivity index (χ1) is 8.74. The van der Waals surface area contributed by atoms with Crippen LogP contribution in [0.1, 0.15) is 39.2 Å². The third-order valence-electron chi connectivity index (χ3n) is 3.00. The Labute approximate surface area is 119 Å². The van der Waals surface area contributed by atoms with E-state index in [0.717, 1.165) is 18.9 Å². The summed E-state index contributed by atoms with van der Waals surface area (Å²) in [6, 6.07) is 0.996. The van der Waals surface area contributed by atoms with Gasteiger partial charge in [-0.25, -0.2) is 4.98 Å². The van der Waals surface area contributed by atoms with E-state index in [4.69, 9.17) is 0 Å². The van der Waals surface area contributed by atoms with Crippen LogP contribution in [0.5, 0.6) is 0 Å². The monoisotopic (exact) mass is 338 g/mol. The molecule has 0 aliphatic rings. The highest BCUT2D eigenvalue weighted by molar-refractivity contribution is 9.10. The summed E-state index contributed by atoms with van der Waals surface area (Å²) < 4.78 is 39.0. The predicted molar refractivity (Wildman–Crippen MR) is 74.1 cm³/mol. The molecule has 0 radical (unpaired) electrons. The molecular weight excluding hydrogens is 321 g/mol. The lowest BCUT2D eigenvalue weighted by atomic mass is 10.0. The lowest BCUT2D eigenvalue weighted by Gasteiger charge is -2.20. The van der Waals surface area contributed by atoms with Gasteiger partial charge in [0.2, 0.25) is 0 Å². The van der Waals surface area contributed by atoms with Crippen molar-refractivity contribution in [2.45, 2.75) is 45.8 Å². The van der Waals surface area contributed by atoms with E-state index in [1.807, 2.05) is 6.92 Å². The first kappa shape index (κ1) is 16.3. The van der Waals surface area contributed by atoms with Crippen LogP contribution in [-0.2, 0) is 6.18 Å². The molecule has 0 spiro atoms. The van der Waals surface area contributed by atoms with Crippen molar-refractivity contribution in [3.05, 3.63) is 22.3 Å². The number of rotatable bonds is 5. The smallest absolute Gasteiger partial charge is 0.367 e. The molecule has 1 N–H and O–H groups in total. The molecule has 108 valence electrons. The molecule has 0 saturated carbocycles. The summed E-state index contributed by atoms with van der Waals surface area (Å²) in [6.07, 6.45) is -1.22. The van der Waals surface area contributed by atoms with Crippen LogP contribution in [0, 0.1) is 5.92 Å². The highest BCUT2D eigenvalue weighted by atomic mass is 79.9. The standard InChI is InChI=1S/C13H18BrF3N2/c1-4-8(2)5-9(3)19-12-11(13(15,16)17)6-10(14)7-18-12/h6-9H,4-5H2,1-3H3,(H,18,19). The van der Waals surface area contributed by atoms with E-state index in [9.17, 15) is 13.2 Å². The molecular formula is C13H18BrF3N2. The van der Waals surface area contributed by atoms with E-state index in [-0.39, 0.29) is 11.9 Å². The van der Waals surface area contributed by atoms with Crippen LogP contribution >= 0.6 is 15.9 Å². The van der Waals surface area contributed by atoms with E-state index in [1.54, 1.807) is 0 Å². The zero-order valence-corrected chi connectivity index (χ0v) is 12.8. The number of hydrogen-bond donors (Lipinski definition) is 1. The fraction of sp³-hybridized carbons (Fsp3) is 0.615. The number of anilines is 1. The van der Waals surface area contributed by atoms with E-state index in [2.05, 4.69) is 40.1 Å². The number of halogens is 4. The molecule has 2 nitrogen and oxygen atoms in total. The largest absolute Gasteiger partial charge is 0.419 e. The quantitative estimate of drug-likeness (QED) is 0.807. The average molecular weight is 339 g/mol. The topological polar surface area (TPSA) is 24.9 Å². The molecule has 0 aromatic carbocycles. The molecule has 1 aromatic heterocycles. The highest BCUT2D eigenvalue weighted by Gasteiger charge is 2.35. The van der Waals surface area contributed by atoms with Crippen molar-refractivity contribution in [1.29, 1.82) is 0 Å². The summed E-state index contributed by atoms with van der Waals surface area (Å²) in [5.41, 5.74) is -0.738. The third-order valence-corrected chi connectivity index (χ3v) is 3.43. The van der Waals surface area contributed by atoms with Crippen molar-refractivity contribution in [3.63, 3.8) is 0 Å². The second kappa shape index (κ2) is 6.59. The third kappa shape index (κ3) is 5.01. The van der Waals surface area contributed by atoms with E-state index in [0.29, 0.717) is 10.4 Å². The van der Waals surface area contributed by atoms with Gasteiger partial charge in [-0.3, -0.25) is 0 Å². The fourth-order valence-corrected chi connectivity index (χ4v) is 2.16. The second-order valence-electron chi connectivity index (χ2n) is 4.84. The lowest BCUT2D eigenvalue weighted by Crippen LogP contribution is -2.22. The van der Waals surface area contributed by atoms with Crippen LogP contribution in [0.4, 0.5) is 19.0 Å². The van der Waals surface area contributed by atoms with Crippen LogP contribution in [0.15, 0.2) is 16.7 Å². The van der Waals surface area contributed by atoms with Gasteiger partial charge in [0.1, 0.15) is 5.82 Å². The Kier molecular flexibility index (Phi) is 5.64. The maximum absolute atomic E-state index is 12.9. The maximum Gasteiger partial charge on any atom is 0.419 e. The van der Waals surface area contributed by atoms with Crippen molar-refractivity contribution in [3.8, 4) is 0 Å². The molecule has 6 heteroatoms. The molecule has 1 rings (SSSR count). The van der Waals surface area contributed by atoms with Crippen LogP contribution in [-0.4, -0.2) is 11.0 Å². The Morgan fingerprint density at radius 3 is 2.53 bits per heavy atom. The van der Waals surface area contributed by atoms with E-state index >= 15 is 0 Å². The number of pyridine rings is 1. The summed E-state index contributed by atoms with van der Waals surface area (Å²) in [6.45, 7) is 6.02. The Bertz CT molecular complexity index is 421. The molecule has 0 fully saturated rings. The van der Waals surface area contributed by atoms with Gasteiger partial charge in [0.25, 0.3) is 0 Å². The Hall–Kier alpha value is -0.780. The normalized spacial score (nSPS) is 15.1. The zero-order chi connectivity index (χ0) is 14.6. The molecule has 0 saturated heterocycles.